The maximum absolute atomic E-state index is 12.3. The third kappa shape index (κ3) is 2.30. The highest BCUT2D eigenvalue weighted by atomic mass is 19.4. The van der Waals surface area contributed by atoms with Crippen LogP contribution in [0.2, 0.25) is 0 Å². The second-order valence-electron chi connectivity index (χ2n) is 2.88. The molecule has 0 spiro atoms. The van der Waals surface area contributed by atoms with E-state index >= 15 is 0 Å². The minimum absolute atomic E-state index is 0.294. The van der Waals surface area contributed by atoms with Gasteiger partial charge in [0, 0.05) is 0 Å². The molecule has 1 aliphatic carbocycles. The molecular weight excluding hydrogens is 191 g/mol. The fourth-order valence-electron chi connectivity index (χ4n) is 1.04. The molecular formula is C10H10F3N. The van der Waals surface area contributed by atoms with Crippen LogP contribution in [-0.2, 0) is 0 Å². The minimum atomic E-state index is -4.44. The molecule has 76 valence electrons. The van der Waals surface area contributed by atoms with Crippen LogP contribution in [0.4, 0.5) is 13.2 Å². The fraction of sp³-hybridized carbons (Fsp3) is 0.300. The van der Waals surface area contributed by atoms with Crippen molar-refractivity contribution in [3.05, 3.63) is 40.8 Å². The van der Waals surface area contributed by atoms with E-state index in [9.17, 15) is 13.2 Å². The first-order valence-electron chi connectivity index (χ1n) is 4.15. The first-order valence-corrected chi connectivity index (χ1v) is 4.15. The van der Waals surface area contributed by atoms with Gasteiger partial charge in [0.1, 0.15) is 5.57 Å². The summed E-state index contributed by atoms with van der Waals surface area (Å²) in [5.74, 6) is 0. The summed E-state index contributed by atoms with van der Waals surface area (Å²) < 4.78 is 37.0. The summed E-state index contributed by atoms with van der Waals surface area (Å²) in [6, 6.07) is 0. The molecule has 0 radical (unpaired) electrons. The zero-order valence-electron chi connectivity index (χ0n) is 7.65. The van der Waals surface area contributed by atoms with Gasteiger partial charge < -0.3 is 5.73 Å². The fourth-order valence-corrected chi connectivity index (χ4v) is 1.04. The third-order valence-corrected chi connectivity index (χ3v) is 1.86. The van der Waals surface area contributed by atoms with Crippen LogP contribution in [0, 0.1) is 0 Å². The quantitative estimate of drug-likeness (QED) is 0.648. The largest absolute Gasteiger partial charge is 0.425 e. The summed E-state index contributed by atoms with van der Waals surface area (Å²) in [6.45, 7) is 1.85. The van der Waals surface area contributed by atoms with E-state index in [1.165, 1.54) is 12.2 Å². The topological polar surface area (TPSA) is 26.0 Å². The molecule has 0 heterocycles. The van der Waals surface area contributed by atoms with E-state index in [1.807, 2.05) is 6.92 Å². The number of alkyl halides is 3. The van der Waals surface area contributed by atoms with Crippen LogP contribution in [0.15, 0.2) is 40.8 Å². The molecule has 14 heavy (non-hydrogen) atoms. The van der Waals surface area contributed by atoms with Gasteiger partial charge in [-0.25, -0.2) is 0 Å². The Morgan fingerprint density at radius 3 is 2.50 bits per heavy atom. The average molecular weight is 201 g/mol. The van der Waals surface area contributed by atoms with Crippen molar-refractivity contribution in [1.29, 1.82) is 0 Å². The molecule has 0 saturated carbocycles. The first-order chi connectivity index (χ1) is 6.45. The monoisotopic (exact) mass is 201 g/mol. The molecule has 2 N–H and O–H groups in total. The molecule has 0 aliphatic heterocycles. The van der Waals surface area contributed by atoms with Crippen molar-refractivity contribution >= 4 is 0 Å². The Labute approximate surface area is 80.1 Å². The van der Waals surface area contributed by atoms with Crippen molar-refractivity contribution in [3.63, 3.8) is 0 Å². The molecule has 1 nitrogen and oxygen atoms in total. The van der Waals surface area contributed by atoms with Gasteiger partial charge in [0.05, 0.1) is 5.70 Å². The summed E-state index contributed by atoms with van der Waals surface area (Å²) in [6.07, 6.45) is 0.369. The molecule has 1 aliphatic rings. The van der Waals surface area contributed by atoms with E-state index < -0.39 is 11.7 Å². The van der Waals surface area contributed by atoms with E-state index in [1.54, 1.807) is 6.08 Å². The van der Waals surface area contributed by atoms with Crippen molar-refractivity contribution in [1.82, 2.24) is 0 Å². The highest BCUT2D eigenvalue weighted by Gasteiger charge is 2.35. The van der Waals surface area contributed by atoms with Crippen molar-refractivity contribution in [2.45, 2.75) is 19.5 Å². The number of allylic oxidation sites excluding steroid dienone is 4. The van der Waals surface area contributed by atoms with E-state index in [0.29, 0.717) is 6.42 Å². The lowest BCUT2D eigenvalue weighted by molar-refractivity contribution is -0.0892. The average Bonchev–Trinajstić information content (AvgIpc) is 2.25. The summed E-state index contributed by atoms with van der Waals surface area (Å²) in [7, 11) is 0. The van der Waals surface area contributed by atoms with Crippen LogP contribution in [0.25, 0.3) is 0 Å². The number of halogens is 3. The highest BCUT2D eigenvalue weighted by molar-refractivity contribution is 5.40. The minimum Gasteiger partial charge on any atom is -0.398 e. The molecule has 0 aromatic carbocycles. The van der Waals surface area contributed by atoms with Gasteiger partial charge in [-0.3, -0.25) is 0 Å². The van der Waals surface area contributed by atoms with Crippen molar-refractivity contribution in [3.8, 4) is 0 Å². The molecule has 0 unspecified atom stereocenters. The second kappa shape index (κ2) is 3.76. The Kier molecular flexibility index (Phi) is 2.87. The van der Waals surface area contributed by atoms with E-state index in [4.69, 9.17) is 5.73 Å². The van der Waals surface area contributed by atoms with Gasteiger partial charge in [-0.1, -0.05) is 13.0 Å². The summed E-state index contributed by atoms with van der Waals surface area (Å²) in [4.78, 5) is 0. The van der Waals surface area contributed by atoms with Gasteiger partial charge in [-0.05, 0) is 24.1 Å². The summed E-state index contributed by atoms with van der Waals surface area (Å²) >= 11 is 0. The van der Waals surface area contributed by atoms with Crippen LogP contribution in [0.1, 0.15) is 13.3 Å². The third-order valence-electron chi connectivity index (χ3n) is 1.86. The van der Waals surface area contributed by atoms with Crippen molar-refractivity contribution in [2.24, 2.45) is 5.73 Å². The smallest absolute Gasteiger partial charge is 0.398 e. The van der Waals surface area contributed by atoms with Crippen LogP contribution < -0.4 is 5.73 Å². The van der Waals surface area contributed by atoms with Gasteiger partial charge >= 0.3 is 6.18 Å². The lowest BCUT2D eigenvalue weighted by atomic mass is 10.2. The summed E-state index contributed by atoms with van der Waals surface area (Å²) in [5, 5.41) is 0. The van der Waals surface area contributed by atoms with Crippen LogP contribution in [0.5, 0.6) is 0 Å². The Morgan fingerprint density at radius 2 is 2.00 bits per heavy atom. The van der Waals surface area contributed by atoms with Crippen LogP contribution in [-0.4, -0.2) is 6.18 Å². The molecule has 0 saturated heterocycles. The normalized spacial score (nSPS) is 17.0. The maximum Gasteiger partial charge on any atom is 0.425 e. The number of hydrogen-bond acceptors (Lipinski definition) is 1. The standard InChI is InChI=1S/C10H10F3N/c1-2-7-3-5-8(10(11,12)13)9(14)6-4-7/h3-4,6H,2,14H2,1H3. The Hall–Kier alpha value is -1.41. The number of rotatable bonds is 1. The molecule has 0 bridgehead atoms. The zero-order chi connectivity index (χ0) is 10.8. The first kappa shape index (κ1) is 10.7. The molecule has 0 amide bonds. The van der Waals surface area contributed by atoms with Crippen LogP contribution >= 0.6 is 0 Å². The molecule has 0 aromatic rings. The van der Waals surface area contributed by atoms with E-state index in [0.717, 1.165) is 5.57 Å². The number of nitrogens with two attached hydrogens (primary N) is 1. The van der Waals surface area contributed by atoms with Crippen molar-refractivity contribution < 1.29 is 13.2 Å². The second-order valence-corrected chi connectivity index (χ2v) is 2.88. The SMILES string of the molecule is CCC1=CC=C(N)C(C(F)(F)F)=C=C1. The van der Waals surface area contributed by atoms with Crippen molar-refractivity contribution in [2.75, 3.05) is 0 Å². The van der Waals surface area contributed by atoms with Gasteiger partial charge in [0.15, 0.2) is 0 Å². The Bertz CT molecular complexity index is 352. The number of hydrogen-bond donors (Lipinski definition) is 1. The lowest BCUT2D eigenvalue weighted by Gasteiger charge is -2.07. The molecule has 0 atom stereocenters. The Balaban J connectivity index is 3.17. The lowest BCUT2D eigenvalue weighted by Crippen LogP contribution is -2.17. The molecule has 0 aromatic heterocycles. The Morgan fingerprint density at radius 1 is 1.36 bits per heavy atom. The zero-order valence-corrected chi connectivity index (χ0v) is 7.65. The van der Waals surface area contributed by atoms with Gasteiger partial charge in [0.25, 0.3) is 0 Å². The van der Waals surface area contributed by atoms with Gasteiger partial charge in [-0.2, -0.15) is 13.2 Å². The molecule has 4 heteroatoms. The van der Waals surface area contributed by atoms with Crippen LogP contribution in [0.3, 0.4) is 0 Å². The highest BCUT2D eigenvalue weighted by Crippen LogP contribution is 2.29. The summed E-state index contributed by atoms with van der Waals surface area (Å²) in [5.41, 5.74) is 7.01. The van der Waals surface area contributed by atoms with E-state index in [2.05, 4.69) is 5.73 Å². The van der Waals surface area contributed by atoms with Gasteiger partial charge in [-0.15, -0.1) is 5.73 Å². The van der Waals surface area contributed by atoms with E-state index in [-0.39, 0.29) is 5.70 Å². The molecule has 0 fully saturated rings. The molecule has 1 rings (SSSR count). The predicted octanol–water partition coefficient (Wildman–Crippen LogP) is 2.82. The predicted molar refractivity (Wildman–Crippen MR) is 48.3 cm³/mol. The van der Waals surface area contributed by atoms with Gasteiger partial charge in [0.2, 0.25) is 0 Å². The maximum atomic E-state index is 12.3.